The molecule has 6 nitrogen and oxygen atoms in total. The van der Waals surface area contributed by atoms with Crippen LogP contribution in [0.2, 0.25) is 0 Å². The highest BCUT2D eigenvalue weighted by molar-refractivity contribution is 5.90. The molecule has 1 aromatic carbocycles. The van der Waals surface area contributed by atoms with E-state index in [-0.39, 0.29) is 17.7 Å². The van der Waals surface area contributed by atoms with Crippen molar-refractivity contribution >= 4 is 22.8 Å². The van der Waals surface area contributed by atoms with Crippen LogP contribution in [-0.4, -0.2) is 27.8 Å². The highest BCUT2D eigenvalue weighted by Gasteiger charge is 2.54. The molecular weight excluding hydrogens is 352 g/mol. The van der Waals surface area contributed by atoms with Crippen LogP contribution in [0.15, 0.2) is 30.5 Å². The third-order valence-corrected chi connectivity index (χ3v) is 7.08. The first-order valence-electron chi connectivity index (χ1n) is 10.3. The van der Waals surface area contributed by atoms with Crippen molar-refractivity contribution in [3.8, 4) is 0 Å². The summed E-state index contributed by atoms with van der Waals surface area (Å²) in [5.74, 6) is 1.53. The number of hydrogen-bond acceptors (Lipinski definition) is 4. The molecule has 4 bridgehead atoms. The number of para-hydroxylation sites is 2. The van der Waals surface area contributed by atoms with E-state index in [9.17, 15) is 9.59 Å². The number of hydrogen-bond donors (Lipinski definition) is 2. The molecule has 6 rings (SSSR count). The average molecular weight is 378 g/mol. The smallest absolute Gasteiger partial charge is 0.240 e. The first-order valence-corrected chi connectivity index (χ1v) is 10.3. The van der Waals surface area contributed by atoms with E-state index < -0.39 is 11.9 Å². The number of aromatic nitrogens is 2. The van der Waals surface area contributed by atoms with E-state index in [1.165, 1.54) is 19.3 Å². The van der Waals surface area contributed by atoms with Crippen LogP contribution in [0.25, 0.3) is 11.0 Å². The number of amides is 2. The van der Waals surface area contributed by atoms with Crippen molar-refractivity contribution in [2.24, 2.45) is 28.9 Å². The van der Waals surface area contributed by atoms with Gasteiger partial charge in [-0.1, -0.05) is 12.1 Å². The van der Waals surface area contributed by atoms with E-state index in [0.717, 1.165) is 30.3 Å². The van der Waals surface area contributed by atoms with Crippen molar-refractivity contribution in [3.05, 3.63) is 36.2 Å². The van der Waals surface area contributed by atoms with Crippen LogP contribution in [-0.2, 0) is 16.0 Å². The number of nitrogens with two attached hydrogens (primary N) is 1. The summed E-state index contributed by atoms with van der Waals surface area (Å²) in [5, 5.41) is 2.99. The maximum absolute atomic E-state index is 13.3. The molecule has 3 N–H and O–H groups in total. The zero-order valence-electron chi connectivity index (χ0n) is 15.9. The quantitative estimate of drug-likeness (QED) is 0.834. The number of benzene rings is 1. The lowest BCUT2D eigenvalue weighted by atomic mass is 9.49. The van der Waals surface area contributed by atoms with Crippen molar-refractivity contribution in [1.29, 1.82) is 0 Å². The number of rotatable bonds is 5. The molecule has 1 heterocycles. The molecule has 0 saturated heterocycles. The van der Waals surface area contributed by atoms with E-state index in [2.05, 4.69) is 15.3 Å². The third-order valence-electron chi connectivity index (χ3n) is 7.08. The Morgan fingerprint density at radius 3 is 2.29 bits per heavy atom. The Balaban J connectivity index is 1.34. The van der Waals surface area contributed by atoms with Gasteiger partial charge in [-0.15, -0.1) is 0 Å². The van der Waals surface area contributed by atoms with Crippen LogP contribution in [0, 0.1) is 23.2 Å². The molecule has 1 aromatic heterocycles. The molecule has 2 aromatic rings. The van der Waals surface area contributed by atoms with Crippen molar-refractivity contribution < 1.29 is 9.59 Å². The van der Waals surface area contributed by atoms with E-state index in [0.29, 0.717) is 23.4 Å². The third kappa shape index (κ3) is 3.05. The first-order chi connectivity index (χ1) is 13.5. The highest BCUT2D eigenvalue weighted by Crippen LogP contribution is 2.60. The first kappa shape index (κ1) is 17.6. The number of nitrogens with zero attached hydrogens (tertiary/aromatic N) is 2. The van der Waals surface area contributed by atoms with Crippen LogP contribution in [0.5, 0.6) is 0 Å². The van der Waals surface area contributed by atoms with E-state index in [1.807, 2.05) is 24.3 Å². The molecule has 2 amide bonds. The second-order valence-corrected chi connectivity index (χ2v) is 9.18. The second-order valence-electron chi connectivity index (χ2n) is 9.18. The van der Waals surface area contributed by atoms with Gasteiger partial charge in [-0.2, -0.15) is 0 Å². The van der Waals surface area contributed by atoms with Gasteiger partial charge >= 0.3 is 0 Å². The minimum Gasteiger partial charge on any atom is -0.368 e. The summed E-state index contributed by atoms with van der Waals surface area (Å²) in [5.41, 5.74) is 7.58. The SMILES string of the molecule is NC(=O)[C@H](Cc1cnc2ccccc2n1)NC(=O)C12CC3CC(CC(C3)C1)C2. The number of nitrogens with one attached hydrogen (secondary N) is 1. The molecule has 4 aliphatic rings. The summed E-state index contributed by atoms with van der Waals surface area (Å²) in [4.78, 5) is 34.3. The van der Waals surface area contributed by atoms with Crippen molar-refractivity contribution in [1.82, 2.24) is 15.3 Å². The van der Waals surface area contributed by atoms with Gasteiger partial charge in [0.15, 0.2) is 0 Å². The van der Waals surface area contributed by atoms with Crippen LogP contribution >= 0.6 is 0 Å². The van der Waals surface area contributed by atoms with E-state index in [4.69, 9.17) is 5.73 Å². The molecule has 4 aliphatic carbocycles. The fourth-order valence-electron chi connectivity index (χ4n) is 6.23. The van der Waals surface area contributed by atoms with Gasteiger partial charge in [0.1, 0.15) is 6.04 Å². The summed E-state index contributed by atoms with van der Waals surface area (Å²) in [6.07, 6.45) is 8.65. The number of primary amides is 1. The van der Waals surface area contributed by atoms with Crippen molar-refractivity contribution in [3.63, 3.8) is 0 Å². The maximum atomic E-state index is 13.3. The normalized spacial score (nSPS) is 31.6. The largest absolute Gasteiger partial charge is 0.368 e. The van der Waals surface area contributed by atoms with Gasteiger partial charge in [-0.25, -0.2) is 4.98 Å². The molecule has 28 heavy (non-hydrogen) atoms. The predicted molar refractivity (Wildman–Crippen MR) is 105 cm³/mol. The van der Waals surface area contributed by atoms with Crippen LogP contribution in [0.3, 0.4) is 0 Å². The van der Waals surface area contributed by atoms with Crippen LogP contribution < -0.4 is 11.1 Å². The summed E-state index contributed by atoms with van der Waals surface area (Å²) in [7, 11) is 0. The van der Waals surface area contributed by atoms with E-state index in [1.54, 1.807) is 6.20 Å². The van der Waals surface area contributed by atoms with Gasteiger partial charge in [-0.3, -0.25) is 14.6 Å². The standard InChI is InChI=1S/C22H26N4O2/c23-20(27)19(8-16-12-24-17-3-1-2-4-18(17)25-16)26-21(28)22-9-13-5-14(10-22)7-15(6-13)11-22/h1-4,12-15,19H,5-11H2,(H2,23,27)(H,26,28)/t13?,14?,15?,19-,22?/m0/s1. The molecule has 146 valence electrons. The van der Waals surface area contributed by atoms with Crippen molar-refractivity contribution in [2.45, 2.75) is 51.0 Å². The Hall–Kier alpha value is -2.50. The Labute approximate surface area is 164 Å². The monoisotopic (exact) mass is 378 g/mol. The predicted octanol–water partition coefficient (Wildman–Crippen LogP) is 2.36. The Kier molecular flexibility index (Phi) is 4.11. The fraction of sp³-hybridized carbons (Fsp3) is 0.545. The second kappa shape index (κ2) is 6.54. The lowest BCUT2D eigenvalue weighted by Crippen LogP contribution is -2.57. The minimum atomic E-state index is -0.754. The van der Waals surface area contributed by atoms with E-state index >= 15 is 0 Å². The lowest BCUT2D eigenvalue weighted by Gasteiger charge is -2.55. The average Bonchev–Trinajstić information content (AvgIpc) is 2.66. The van der Waals surface area contributed by atoms with Gasteiger partial charge in [0, 0.05) is 18.0 Å². The zero-order valence-corrected chi connectivity index (χ0v) is 15.9. The summed E-state index contributed by atoms with van der Waals surface area (Å²) < 4.78 is 0. The van der Waals surface area contributed by atoms with Gasteiger partial charge in [0.05, 0.1) is 16.7 Å². The van der Waals surface area contributed by atoms with Gasteiger partial charge in [0.25, 0.3) is 0 Å². The Morgan fingerprint density at radius 1 is 1.07 bits per heavy atom. The molecule has 0 radical (unpaired) electrons. The molecule has 4 saturated carbocycles. The minimum absolute atomic E-state index is 0.0177. The molecule has 0 aliphatic heterocycles. The molecular formula is C22H26N4O2. The van der Waals surface area contributed by atoms with Gasteiger partial charge < -0.3 is 11.1 Å². The highest BCUT2D eigenvalue weighted by atomic mass is 16.2. The Morgan fingerprint density at radius 2 is 1.68 bits per heavy atom. The number of carbonyl (C=O) groups is 2. The van der Waals surface area contributed by atoms with Crippen molar-refractivity contribution in [2.75, 3.05) is 0 Å². The topological polar surface area (TPSA) is 98.0 Å². The van der Waals surface area contributed by atoms with Gasteiger partial charge in [0.2, 0.25) is 11.8 Å². The molecule has 4 fully saturated rings. The zero-order chi connectivity index (χ0) is 19.3. The maximum Gasteiger partial charge on any atom is 0.240 e. The fourth-order valence-corrected chi connectivity index (χ4v) is 6.23. The number of fused-ring (bicyclic) bond motifs is 1. The van der Waals surface area contributed by atoms with Crippen LogP contribution in [0.1, 0.15) is 44.2 Å². The summed E-state index contributed by atoms with van der Waals surface area (Å²) in [6, 6.07) is 6.84. The number of carbonyl (C=O) groups excluding carboxylic acids is 2. The Bertz CT molecular complexity index is 906. The molecule has 0 unspecified atom stereocenters. The molecule has 0 spiro atoms. The molecule has 1 atom stereocenters. The summed E-state index contributed by atoms with van der Waals surface area (Å²) >= 11 is 0. The summed E-state index contributed by atoms with van der Waals surface area (Å²) in [6.45, 7) is 0. The van der Waals surface area contributed by atoms with Crippen LogP contribution in [0.4, 0.5) is 0 Å². The van der Waals surface area contributed by atoms with Gasteiger partial charge in [-0.05, 0) is 68.4 Å². The lowest BCUT2D eigenvalue weighted by molar-refractivity contribution is -0.148. The molecule has 6 heteroatoms.